The van der Waals surface area contributed by atoms with Gasteiger partial charge in [-0.3, -0.25) is 4.57 Å². The molecule has 0 radical (unpaired) electrons. The fourth-order valence-corrected chi connectivity index (χ4v) is 8.06. The summed E-state index contributed by atoms with van der Waals surface area (Å²) < 4.78 is 21.6. The maximum absolute atomic E-state index is 11.7. The second-order valence-corrected chi connectivity index (χ2v) is 26.9. The summed E-state index contributed by atoms with van der Waals surface area (Å²) in [6, 6.07) is 11.2. The largest absolute Gasteiger partial charge is 0.476 e. The van der Waals surface area contributed by atoms with Crippen LogP contribution in [0, 0.1) is 6.92 Å². The molecule has 4 rings (SSSR count). The number of carboxylic acids is 1. The molecule has 1 unspecified atom stereocenters. The first kappa shape index (κ1) is 38.0. The molecule has 0 bridgehead atoms. The first-order valence-electron chi connectivity index (χ1n) is 16.2. The van der Waals surface area contributed by atoms with Gasteiger partial charge in [0.05, 0.1) is 22.9 Å². The Kier molecular flexibility index (Phi) is 12.5. The molecule has 3 aromatic heterocycles. The number of anilines is 2. The number of benzene rings is 1. The van der Waals surface area contributed by atoms with Crippen molar-refractivity contribution in [2.24, 2.45) is 4.99 Å². The van der Waals surface area contributed by atoms with Gasteiger partial charge in [-0.15, -0.1) is 21.5 Å². The first-order valence-corrected chi connectivity index (χ1v) is 24.5. The van der Waals surface area contributed by atoms with Gasteiger partial charge in [-0.25, -0.2) is 9.78 Å². The highest BCUT2D eigenvalue weighted by molar-refractivity contribution is 7.16. The number of para-hydroxylation sites is 1. The van der Waals surface area contributed by atoms with Crippen LogP contribution in [0.5, 0.6) is 0 Å². The van der Waals surface area contributed by atoms with Gasteiger partial charge >= 0.3 is 5.97 Å². The lowest BCUT2D eigenvalue weighted by Gasteiger charge is -2.37. The minimum absolute atomic E-state index is 0.0118. The van der Waals surface area contributed by atoms with Crippen LogP contribution in [0.3, 0.4) is 0 Å². The second kappa shape index (κ2) is 15.8. The summed E-state index contributed by atoms with van der Waals surface area (Å²) >= 11 is 2.84. The minimum Gasteiger partial charge on any atom is -0.476 e. The molecule has 1 aromatic carbocycles. The Morgan fingerprint density at radius 3 is 2.50 bits per heavy atom. The average molecular weight is 731 g/mol. The van der Waals surface area contributed by atoms with Crippen LogP contribution in [0.1, 0.15) is 43.2 Å². The monoisotopic (exact) mass is 730 g/mol. The highest BCUT2D eigenvalue weighted by atomic mass is 32.1. The zero-order valence-electron chi connectivity index (χ0n) is 29.9. The van der Waals surface area contributed by atoms with Crippen molar-refractivity contribution >= 4 is 72.0 Å². The maximum Gasteiger partial charge on any atom is 0.355 e. The van der Waals surface area contributed by atoms with E-state index in [1.807, 2.05) is 30.0 Å². The van der Waals surface area contributed by atoms with Crippen LogP contribution in [-0.2, 0) is 20.6 Å². The predicted molar refractivity (Wildman–Crippen MR) is 201 cm³/mol. The molecule has 0 spiro atoms. The molecular weight excluding hydrogens is 681 g/mol. The third-order valence-electron chi connectivity index (χ3n) is 8.61. The number of hydrogen-bond donors (Lipinski definition) is 1. The van der Waals surface area contributed by atoms with E-state index >= 15 is 0 Å². The van der Waals surface area contributed by atoms with E-state index in [9.17, 15) is 9.90 Å². The lowest BCUT2D eigenvalue weighted by Crippen LogP contribution is -2.43. The molecule has 0 aliphatic heterocycles. The third kappa shape index (κ3) is 9.89. The van der Waals surface area contributed by atoms with Gasteiger partial charge in [0.1, 0.15) is 6.73 Å². The molecule has 0 amide bonds. The van der Waals surface area contributed by atoms with Gasteiger partial charge in [0.15, 0.2) is 35.6 Å². The van der Waals surface area contributed by atoms with Crippen LogP contribution in [0.15, 0.2) is 40.7 Å². The summed E-state index contributed by atoms with van der Waals surface area (Å²) in [7, 11) is -1.49. The second-order valence-electron chi connectivity index (χ2n) is 14.6. The number of fused-ring (bicyclic) bond motifs is 1. The molecule has 48 heavy (non-hydrogen) atoms. The SMILES string of the molecule is COC(CCN(c1cc(C)c(N=c2sc3ccccc3n2COCC[Si](C)(C)C)nn1)c1nc(C(=O)O)cs1)CO[Si](C)(C)C(C)(C)C. The smallest absolute Gasteiger partial charge is 0.355 e. The lowest BCUT2D eigenvalue weighted by molar-refractivity contribution is 0.0489. The molecular formula is C33H50N6O5S2Si2. The number of rotatable bonds is 16. The van der Waals surface area contributed by atoms with E-state index in [-0.39, 0.29) is 16.8 Å². The van der Waals surface area contributed by atoms with E-state index in [1.54, 1.807) is 18.4 Å². The fourth-order valence-electron chi connectivity index (χ4n) is 4.42. The van der Waals surface area contributed by atoms with Crippen molar-refractivity contribution in [3.05, 3.63) is 51.8 Å². The summed E-state index contributed by atoms with van der Waals surface area (Å²) in [5, 5.41) is 20.8. The Bertz CT molecular complexity index is 1760. The van der Waals surface area contributed by atoms with Crippen molar-refractivity contribution in [1.82, 2.24) is 19.7 Å². The average Bonchev–Trinajstić information content (AvgIpc) is 3.62. The van der Waals surface area contributed by atoms with Crippen LogP contribution >= 0.6 is 22.7 Å². The number of thiazole rings is 2. The van der Waals surface area contributed by atoms with Crippen LogP contribution in [0.25, 0.3) is 10.2 Å². The van der Waals surface area contributed by atoms with E-state index in [0.29, 0.717) is 49.7 Å². The molecule has 4 aromatic rings. The molecule has 0 aliphatic rings. The maximum atomic E-state index is 11.7. The molecule has 0 saturated heterocycles. The van der Waals surface area contributed by atoms with Crippen LogP contribution in [0.4, 0.5) is 16.8 Å². The van der Waals surface area contributed by atoms with Crippen molar-refractivity contribution in [3.8, 4) is 0 Å². The molecule has 1 atom stereocenters. The fraction of sp³-hybridized carbons (Fsp3) is 0.545. The van der Waals surface area contributed by atoms with E-state index in [2.05, 4.69) is 85.4 Å². The number of methoxy groups -OCH3 is 1. The minimum atomic E-state index is -1.97. The van der Waals surface area contributed by atoms with Crippen molar-refractivity contribution in [2.75, 3.05) is 31.8 Å². The summed E-state index contributed by atoms with van der Waals surface area (Å²) in [5.74, 6) is -0.0201. The molecule has 0 fully saturated rings. The number of aromatic nitrogens is 4. The Morgan fingerprint density at radius 2 is 1.88 bits per heavy atom. The number of aryl methyl sites for hydroxylation is 1. The number of hydrogen-bond acceptors (Lipinski definition) is 11. The topological polar surface area (TPSA) is 124 Å². The molecule has 0 saturated carbocycles. The van der Waals surface area contributed by atoms with Gasteiger partial charge in [-0.2, -0.15) is 4.99 Å². The van der Waals surface area contributed by atoms with Crippen LogP contribution in [0.2, 0.25) is 43.8 Å². The molecule has 11 nitrogen and oxygen atoms in total. The van der Waals surface area contributed by atoms with E-state index < -0.39 is 22.4 Å². The van der Waals surface area contributed by atoms with Crippen molar-refractivity contribution in [2.45, 2.75) is 90.8 Å². The number of nitrogens with zero attached hydrogens (tertiary/aromatic N) is 6. The van der Waals surface area contributed by atoms with Gasteiger partial charge in [-0.1, -0.05) is 63.9 Å². The molecule has 0 aliphatic carbocycles. The van der Waals surface area contributed by atoms with Gasteiger partial charge in [0, 0.05) is 33.7 Å². The predicted octanol–water partition coefficient (Wildman–Crippen LogP) is 8.07. The molecule has 3 heterocycles. The van der Waals surface area contributed by atoms with Gasteiger partial charge in [0.2, 0.25) is 0 Å². The van der Waals surface area contributed by atoms with Crippen molar-refractivity contribution in [1.29, 1.82) is 0 Å². The highest BCUT2D eigenvalue weighted by Gasteiger charge is 2.37. The summed E-state index contributed by atoms with van der Waals surface area (Å²) in [4.78, 5) is 23.7. The van der Waals surface area contributed by atoms with E-state index in [1.165, 1.54) is 16.7 Å². The lowest BCUT2D eigenvalue weighted by atomic mass is 10.2. The first-order chi connectivity index (χ1) is 22.5. The highest BCUT2D eigenvalue weighted by Crippen LogP contribution is 2.37. The van der Waals surface area contributed by atoms with E-state index in [4.69, 9.17) is 18.9 Å². The Hall–Kier alpha value is -2.80. The Morgan fingerprint density at radius 1 is 1.15 bits per heavy atom. The van der Waals surface area contributed by atoms with Crippen molar-refractivity contribution in [3.63, 3.8) is 0 Å². The van der Waals surface area contributed by atoms with Crippen LogP contribution in [-0.4, -0.2) is 80.2 Å². The number of ether oxygens (including phenoxy) is 2. The molecule has 1 N–H and O–H groups in total. The van der Waals surface area contributed by atoms with Gasteiger partial charge in [-0.05, 0) is 61.3 Å². The van der Waals surface area contributed by atoms with Gasteiger partial charge < -0.3 is 23.9 Å². The van der Waals surface area contributed by atoms with Crippen molar-refractivity contribution < 1.29 is 23.8 Å². The Balaban J connectivity index is 1.62. The molecule has 15 heteroatoms. The summed E-state index contributed by atoms with van der Waals surface area (Å²) in [6.45, 7) is 22.1. The summed E-state index contributed by atoms with van der Waals surface area (Å²) in [5.41, 5.74) is 1.88. The zero-order chi connectivity index (χ0) is 35.3. The number of carbonyl (C=O) groups is 1. The number of aromatic carboxylic acids is 1. The Labute approximate surface area is 293 Å². The number of carboxylic acid groups (broad SMARTS) is 1. The normalized spacial score (nSPS) is 13.8. The zero-order valence-corrected chi connectivity index (χ0v) is 33.5. The summed E-state index contributed by atoms with van der Waals surface area (Å²) in [6.07, 6.45) is 0.444. The van der Waals surface area contributed by atoms with Crippen LogP contribution < -0.4 is 9.70 Å². The molecule has 262 valence electrons. The standard InChI is InChI=1S/C33H50N6O5S2Si2/c1-23-19-28(36-37-29(23)35-32-39(22-43-17-18-47(6,7)8)26-13-11-12-14-27(26)46-32)38(31-34-25(21-45-31)30(40)41)16-15-24(42-5)20-44-48(9,10)33(2,3)4/h11-14,19,21,24H,15-18,20,22H2,1-10H3,(H,40,41). The van der Waals surface area contributed by atoms with E-state index in [0.717, 1.165) is 26.6 Å². The quantitative estimate of drug-likeness (QED) is 0.0901. The van der Waals surface area contributed by atoms with Gasteiger partial charge in [0.25, 0.3) is 0 Å². The third-order valence-corrected chi connectivity index (χ3v) is 16.7.